The second-order valence-electron chi connectivity index (χ2n) is 9.07. The van der Waals surface area contributed by atoms with Crippen molar-refractivity contribution in [2.24, 2.45) is 5.92 Å². The molecule has 4 heterocycles. The zero-order valence-corrected chi connectivity index (χ0v) is 18.3. The molecule has 1 unspecified atom stereocenters. The van der Waals surface area contributed by atoms with E-state index in [2.05, 4.69) is 21.8 Å². The van der Waals surface area contributed by atoms with E-state index in [9.17, 15) is 4.79 Å². The number of fused-ring (bicyclic) bond motifs is 1. The number of nitrogens with zero attached hydrogens (tertiary/aromatic N) is 7. The standard InChI is InChI=1S/C23H25N9O/c1-15-12-23(15)20(25)31(14-24)17-13-27-21(28-19(17)32(23)16-6-2-3-7-16)30-11-9-26-22(30)29-10-5-4-8-18(29)33/h4-5,8-11,13-16,24-25H,2-3,6-7,12H2,1H3/t15-,23?/m1/s1. The molecular weight excluding hydrogens is 418 g/mol. The van der Waals surface area contributed by atoms with Gasteiger partial charge in [-0.1, -0.05) is 25.8 Å². The zero-order chi connectivity index (χ0) is 22.7. The summed E-state index contributed by atoms with van der Waals surface area (Å²) in [5.41, 5.74) is 0.0258. The summed E-state index contributed by atoms with van der Waals surface area (Å²) in [4.78, 5) is 30.3. The van der Waals surface area contributed by atoms with Gasteiger partial charge in [-0.15, -0.1) is 0 Å². The average Bonchev–Trinajstić information content (AvgIpc) is 3.23. The molecule has 0 bridgehead atoms. The molecule has 2 aliphatic carbocycles. The van der Waals surface area contributed by atoms with Crippen LogP contribution in [-0.4, -0.2) is 47.8 Å². The zero-order valence-electron chi connectivity index (χ0n) is 18.3. The van der Waals surface area contributed by atoms with Crippen molar-refractivity contribution in [1.29, 1.82) is 10.8 Å². The second kappa shape index (κ2) is 7.09. The number of hydrogen-bond donors (Lipinski definition) is 2. The van der Waals surface area contributed by atoms with Crippen LogP contribution in [0, 0.1) is 16.7 Å². The third-order valence-corrected chi connectivity index (χ3v) is 7.27. The Kier molecular flexibility index (Phi) is 4.26. The van der Waals surface area contributed by atoms with E-state index >= 15 is 0 Å². The van der Waals surface area contributed by atoms with Crippen LogP contribution in [0.2, 0.25) is 0 Å². The van der Waals surface area contributed by atoms with E-state index < -0.39 is 5.54 Å². The van der Waals surface area contributed by atoms with E-state index in [1.165, 1.54) is 29.8 Å². The van der Waals surface area contributed by atoms with Crippen molar-refractivity contribution in [3.8, 4) is 11.9 Å². The summed E-state index contributed by atoms with van der Waals surface area (Å²) in [5.74, 6) is 2.30. The van der Waals surface area contributed by atoms with Gasteiger partial charge >= 0.3 is 0 Å². The number of rotatable bonds is 4. The van der Waals surface area contributed by atoms with Crippen molar-refractivity contribution in [2.75, 3.05) is 9.80 Å². The molecule has 0 radical (unpaired) electrons. The number of imidazole rings is 1. The molecule has 2 fully saturated rings. The maximum absolute atomic E-state index is 12.4. The SMILES string of the molecule is C[C@@H]1CC12C(=N)N(C=N)c1cnc(-n3ccnc3-n3ccccc3=O)nc1N2C1CCCC1. The summed E-state index contributed by atoms with van der Waals surface area (Å²) in [6.45, 7) is 2.17. The topological polar surface area (TPSA) is 120 Å². The van der Waals surface area contributed by atoms with Crippen molar-refractivity contribution >= 4 is 23.7 Å². The van der Waals surface area contributed by atoms with Gasteiger partial charge in [-0.05, 0) is 31.2 Å². The van der Waals surface area contributed by atoms with Crippen LogP contribution in [0.4, 0.5) is 11.5 Å². The Morgan fingerprint density at radius 1 is 1.15 bits per heavy atom. The molecule has 10 heteroatoms. The van der Waals surface area contributed by atoms with E-state index in [0.29, 0.717) is 35.4 Å². The van der Waals surface area contributed by atoms with Gasteiger partial charge in [0.2, 0.25) is 11.9 Å². The van der Waals surface area contributed by atoms with E-state index in [4.69, 9.17) is 15.8 Å². The van der Waals surface area contributed by atoms with Crippen molar-refractivity contribution in [1.82, 2.24) is 24.1 Å². The van der Waals surface area contributed by atoms with E-state index in [-0.39, 0.29) is 5.56 Å². The van der Waals surface area contributed by atoms with E-state index in [1.54, 1.807) is 46.4 Å². The van der Waals surface area contributed by atoms with Crippen LogP contribution in [0.1, 0.15) is 39.0 Å². The highest BCUT2D eigenvalue weighted by molar-refractivity contribution is 6.20. The van der Waals surface area contributed by atoms with Gasteiger partial charge in [0.15, 0.2) is 5.82 Å². The molecule has 3 aliphatic rings. The monoisotopic (exact) mass is 443 g/mol. The first-order chi connectivity index (χ1) is 16.1. The first-order valence-electron chi connectivity index (χ1n) is 11.3. The van der Waals surface area contributed by atoms with Gasteiger partial charge in [-0.3, -0.25) is 29.6 Å². The highest BCUT2D eigenvalue weighted by atomic mass is 16.1. The summed E-state index contributed by atoms with van der Waals surface area (Å²) in [7, 11) is 0. The predicted molar refractivity (Wildman–Crippen MR) is 125 cm³/mol. The molecule has 0 aromatic carbocycles. The number of hydrogen-bond acceptors (Lipinski definition) is 7. The fraction of sp³-hybridized carbons (Fsp3) is 0.391. The fourth-order valence-corrected chi connectivity index (χ4v) is 5.54. The quantitative estimate of drug-likeness (QED) is 0.473. The lowest BCUT2D eigenvalue weighted by Crippen LogP contribution is -2.59. The van der Waals surface area contributed by atoms with Gasteiger partial charge in [0, 0.05) is 30.7 Å². The maximum Gasteiger partial charge on any atom is 0.257 e. The lowest BCUT2D eigenvalue weighted by molar-refractivity contribution is 0.531. The third-order valence-electron chi connectivity index (χ3n) is 7.27. The first-order valence-corrected chi connectivity index (χ1v) is 11.3. The minimum absolute atomic E-state index is 0.190. The van der Waals surface area contributed by atoms with Crippen LogP contribution < -0.4 is 15.4 Å². The predicted octanol–water partition coefficient (Wildman–Crippen LogP) is 2.75. The van der Waals surface area contributed by atoms with E-state index in [0.717, 1.165) is 25.1 Å². The van der Waals surface area contributed by atoms with Gasteiger partial charge in [-0.25, -0.2) is 9.97 Å². The Bertz CT molecular complexity index is 1320. The normalized spacial score (nSPS) is 24.4. The second-order valence-corrected chi connectivity index (χ2v) is 9.07. The van der Waals surface area contributed by atoms with Crippen LogP contribution in [-0.2, 0) is 0 Å². The van der Waals surface area contributed by atoms with Crippen LogP contribution in [0.5, 0.6) is 0 Å². The lowest BCUT2D eigenvalue weighted by atomic mass is 10.0. The number of pyridine rings is 1. The van der Waals surface area contributed by atoms with Crippen LogP contribution >= 0.6 is 0 Å². The van der Waals surface area contributed by atoms with Crippen molar-refractivity contribution in [3.63, 3.8) is 0 Å². The molecule has 0 saturated heterocycles. The van der Waals surface area contributed by atoms with Crippen LogP contribution in [0.3, 0.4) is 0 Å². The number of anilines is 2. The smallest absolute Gasteiger partial charge is 0.257 e. The first kappa shape index (κ1) is 19.8. The van der Waals surface area contributed by atoms with Crippen molar-refractivity contribution in [3.05, 3.63) is 53.3 Å². The number of aromatic nitrogens is 5. The Morgan fingerprint density at radius 3 is 2.64 bits per heavy atom. The largest absolute Gasteiger partial charge is 0.339 e. The maximum atomic E-state index is 12.4. The average molecular weight is 444 g/mol. The molecule has 2 atom stereocenters. The highest BCUT2D eigenvalue weighted by Gasteiger charge is 2.65. The van der Waals surface area contributed by atoms with Crippen LogP contribution in [0.15, 0.2) is 47.8 Å². The van der Waals surface area contributed by atoms with Gasteiger partial charge in [0.05, 0.1) is 12.5 Å². The lowest BCUT2D eigenvalue weighted by Gasteiger charge is -2.46. The molecule has 6 rings (SSSR count). The minimum Gasteiger partial charge on any atom is -0.339 e. The molecule has 0 amide bonds. The molecule has 2 N–H and O–H groups in total. The number of nitrogens with one attached hydrogen (secondary N) is 2. The van der Waals surface area contributed by atoms with Crippen molar-refractivity contribution in [2.45, 2.75) is 50.6 Å². The third kappa shape index (κ3) is 2.73. The Balaban J connectivity index is 1.53. The summed E-state index contributed by atoms with van der Waals surface area (Å²) < 4.78 is 3.16. The molecular formula is C23H25N9O. The van der Waals surface area contributed by atoms with Gasteiger partial charge in [0.1, 0.15) is 17.1 Å². The molecule has 3 aromatic rings. The van der Waals surface area contributed by atoms with Gasteiger partial charge in [-0.2, -0.15) is 4.98 Å². The molecule has 3 aromatic heterocycles. The summed E-state index contributed by atoms with van der Waals surface area (Å²) in [6.07, 6.45) is 13.3. The summed E-state index contributed by atoms with van der Waals surface area (Å²) in [5, 5.41) is 17.0. The molecule has 1 spiro atoms. The summed E-state index contributed by atoms with van der Waals surface area (Å²) >= 11 is 0. The molecule has 168 valence electrons. The Hall–Kier alpha value is -3.82. The number of amidine groups is 1. The minimum atomic E-state index is -0.431. The molecule has 2 saturated carbocycles. The molecule has 1 aliphatic heterocycles. The Morgan fingerprint density at radius 2 is 1.94 bits per heavy atom. The van der Waals surface area contributed by atoms with Gasteiger partial charge < -0.3 is 4.90 Å². The van der Waals surface area contributed by atoms with Crippen molar-refractivity contribution < 1.29 is 0 Å². The Labute approximate surface area is 190 Å². The summed E-state index contributed by atoms with van der Waals surface area (Å²) in [6, 6.07) is 5.27. The molecule has 10 nitrogen and oxygen atoms in total. The highest BCUT2D eigenvalue weighted by Crippen LogP contribution is 2.57. The fourth-order valence-electron chi connectivity index (χ4n) is 5.54. The van der Waals surface area contributed by atoms with Gasteiger partial charge in [0.25, 0.3) is 5.56 Å². The van der Waals surface area contributed by atoms with Crippen LogP contribution in [0.25, 0.3) is 11.9 Å². The van der Waals surface area contributed by atoms with E-state index in [1.807, 2.05) is 0 Å². The molecule has 33 heavy (non-hydrogen) atoms.